The second-order valence-corrected chi connectivity index (χ2v) is 7.58. The van der Waals surface area contributed by atoms with Crippen molar-refractivity contribution in [3.63, 3.8) is 0 Å². The molecule has 0 unspecified atom stereocenters. The average molecular weight is 394 g/mol. The smallest absolute Gasteiger partial charge is 0.212 e. The highest BCUT2D eigenvalue weighted by Crippen LogP contribution is 2.25. The summed E-state index contributed by atoms with van der Waals surface area (Å²) in [4.78, 5) is 11.0. The van der Waals surface area contributed by atoms with Gasteiger partial charge in [0.2, 0.25) is 5.88 Å². The van der Waals surface area contributed by atoms with E-state index in [1.54, 1.807) is 18.9 Å². The van der Waals surface area contributed by atoms with E-state index in [-0.39, 0.29) is 6.10 Å². The standard InChI is InChI=1S/C22H23N3O2S/c1-26-21-9-3-16(11-23-21)13-25-14-20(15-25)27-19-7-4-17(5-8-19)18-6-10-22(28-2)24-12-18/h3-12,20H,13-15H2,1-2H3. The number of thioether (sulfide) groups is 1. The van der Waals surface area contributed by atoms with Gasteiger partial charge in [0.1, 0.15) is 11.9 Å². The normalized spacial score (nSPS) is 14.5. The number of nitrogens with zero attached hydrogens (tertiary/aromatic N) is 3. The molecular weight excluding hydrogens is 370 g/mol. The number of hydrogen-bond donors (Lipinski definition) is 0. The van der Waals surface area contributed by atoms with Gasteiger partial charge in [-0.05, 0) is 35.6 Å². The number of ether oxygens (including phenoxy) is 2. The zero-order valence-electron chi connectivity index (χ0n) is 16.0. The minimum Gasteiger partial charge on any atom is -0.488 e. The van der Waals surface area contributed by atoms with Gasteiger partial charge in [0.15, 0.2) is 0 Å². The van der Waals surface area contributed by atoms with Crippen LogP contribution in [-0.2, 0) is 6.54 Å². The maximum atomic E-state index is 6.09. The molecule has 1 saturated heterocycles. The lowest BCUT2D eigenvalue weighted by Crippen LogP contribution is -2.53. The molecule has 1 aliphatic heterocycles. The van der Waals surface area contributed by atoms with Crippen LogP contribution in [0.4, 0.5) is 0 Å². The zero-order chi connectivity index (χ0) is 19.3. The Kier molecular flexibility index (Phi) is 5.78. The number of hydrogen-bond acceptors (Lipinski definition) is 6. The van der Waals surface area contributed by atoms with Crippen molar-refractivity contribution in [2.24, 2.45) is 0 Å². The second-order valence-electron chi connectivity index (χ2n) is 6.76. The first-order valence-electron chi connectivity index (χ1n) is 9.22. The Hall–Kier alpha value is -2.57. The van der Waals surface area contributed by atoms with Crippen LogP contribution in [0.5, 0.6) is 11.6 Å². The monoisotopic (exact) mass is 393 g/mol. The molecule has 0 saturated carbocycles. The second kappa shape index (κ2) is 8.63. The number of rotatable bonds is 7. The third-order valence-electron chi connectivity index (χ3n) is 4.77. The van der Waals surface area contributed by atoms with E-state index in [1.807, 2.05) is 42.9 Å². The van der Waals surface area contributed by atoms with Gasteiger partial charge in [-0.2, -0.15) is 0 Å². The van der Waals surface area contributed by atoms with E-state index in [0.29, 0.717) is 5.88 Å². The Balaban J connectivity index is 1.27. The van der Waals surface area contributed by atoms with Crippen molar-refractivity contribution < 1.29 is 9.47 Å². The molecule has 3 aromatic rings. The van der Waals surface area contributed by atoms with Gasteiger partial charge in [-0.25, -0.2) is 9.97 Å². The predicted octanol–water partition coefficient (Wildman–Crippen LogP) is 4.14. The number of aromatic nitrogens is 2. The van der Waals surface area contributed by atoms with Crippen LogP contribution in [0.15, 0.2) is 66.0 Å². The fourth-order valence-corrected chi connectivity index (χ4v) is 3.56. The zero-order valence-corrected chi connectivity index (χ0v) is 16.9. The van der Waals surface area contributed by atoms with Gasteiger partial charge in [-0.3, -0.25) is 4.90 Å². The Morgan fingerprint density at radius 3 is 2.36 bits per heavy atom. The summed E-state index contributed by atoms with van der Waals surface area (Å²) in [7, 11) is 1.63. The van der Waals surface area contributed by atoms with E-state index in [0.717, 1.165) is 41.5 Å². The number of methoxy groups -OCH3 is 1. The van der Waals surface area contributed by atoms with E-state index >= 15 is 0 Å². The predicted molar refractivity (Wildman–Crippen MR) is 112 cm³/mol. The molecule has 144 valence electrons. The summed E-state index contributed by atoms with van der Waals surface area (Å²) in [5.41, 5.74) is 3.45. The molecule has 1 aromatic carbocycles. The Labute approximate surface area is 169 Å². The minimum atomic E-state index is 0.236. The summed E-state index contributed by atoms with van der Waals surface area (Å²) < 4.78 is 11.2. The number of benzene rings is 1. The molecule has 0 bridgehead atoms. The van der Waals surface area contributed by atoms with Crippen LogP contribution in [0.3, 0.4) is 0 Å². The van der Waals surface area contributed by atoms with E-state index in [9.17, 15) is 0 Å². The molecule has 1 fully saturated rings. The summed E-state index contributed by atoms with van der Waals surface area (Å²) >= 11 is 1.65. The van der Waals surface area contributed by atoms with Crippen LogP contribution in [-0.4, -0.2) is 47.4 Å². The third-order valence-corrected chi connectivity index (χ3v) is 5.43. The van der Waals surface area contributed by atoms with E-state index in [4.69, 9.17) is 9.47 Å². The molecule has 0 spiro atoms. The van der Waals surface area contributed by atoms with Gasteiger partial charge in [0, 0.05) is 43.7 Å². The lowest BCUT2D eigenvalue weighted by atomic mass is 10.1. The lowest BCUT2D eigenvalue weighted by Gasteiger charge is -2.39. The maximum Gasteiger partial charge on any atom is 0.212 e. The molecular formula is C22H23N3O2S. The summed E-state index contributed by atoms with van der Waals surface area (Å²) in [6.45, 7) is 2.73. The van der Waals surface area contributed by atoms with Gasteiger partial charge in [0.25, 0.3) is 0 Å². The molecule has 5 nitrogen and oxygen atoms in total. The van der Waals surface area contributed by atoms with Crippen LogP contribution >= 0.6 is 11.8 Å². The van der Waals surface area contributed by atoms with Crippen molar-refractivity contribution >= 4 is 11.8 Å². The van der Waals surface area contributed by atoms with Crippen LogP contribution in [0.1, 0.15) is 5.56 Å². The fraction of sp³-hybridized carbons (Fsp3) is 0.273. The molecule has 0 radical (unpaired) electrons. The van der Waals surface area contributed by atoms with Crippen molar-refractivity contribution in [2.75, 3.05) is 26.5 Å². The average Bonchev–Trinajstić information content (AvgIpc) is 2.73. The van der Waals surface area contributed by atoms with Crippen molar-refractivity contribution in [1.82, 2.24) is 14.9 Å². The lowest BCUT2D eigenvalue weighted by molar-refractivity contribution is 0.0145. The SMILES string of the molecule is COc1ccc(CN2CC(Oc3ccc(-c4ccc(SC)nc4)cc3)C2)cn1. The van der Waals surface area contributed by atoms with Gasteiger partial charge in [0.05, 0.1) is 12.1 Å². The van der Waals surface area contributed by atoms with Crippen molar-refractivity contribution in [3.05, 3.63) is 66.5 Å². The molecule has 2 aromatic heterocycles. The summed E-state index contributed by atoms with van der Waals surface area (Å²) in [5.74, 6) is 1.56. The minimum absolute atomic E-state index is 0.236. The van der Waals surface area contributed by atoms with Crippen LogP contribution < -0.4 is 9.47 Å². The van der Waals surface area contributed by atoms with Crippen LogP contribution in [0.2, 0.25) is 0 Å². The molecule has 0 amide bonds. The molecule has 0 aliphatic carbocycles. The highest BCUT2D eigenvalue weighted by molar-refractivity contribution is 7.98. The molecule has 0 atom stereocenters. The van der Waals surface area contributed by atoms with Crippen molar-refractivity contribution in [3.8, 4) is 22.8 Å². The first-order chi connectivity index (χ1) is 13.7. The summed E-state index contributed by atoms with van der Waals surface area (Å²) in [6.07, 6.45) is 6.05. The molecule has 1 aliphatic rings. The molecule has 3 heterocycles. The Morgan fingerprint density at radius 2 is 1.75 bits per heavy atom. The van der Waals surface area contributed by atoms with Crippen molar-refractivity contribution in [1.29, 1.82) is 0 Å². The molecule has 6 heteroatoms. The summed E-state index contributed by atoms with van der Waals surface area (Å²) in [5, 5.41) is 1.03. The quantitative estimate of drug-likeness (QED) is 0.563. The van der Waals surface area contributed by atoms with Gasteiger partial charge in [-0.15, -0.1) is 11.8 Å². The molecule has 28 heavy (non-hydrogen) atoms. The molecule has 4 rings (SSSR count). The van der Waals surface area contributed by atoms with Crippen LogP contribution in [0.25, 0.3) is 11.1 Å². The fourth-order valence-electron chi connectivity index (χ4n) is 3.20. The Morgan fingerprint density at radius 1 is 0.964 bits per heavy atom. The van der Waals surface area contributed by atoms with E-state index in [1.165, 1.54) is 5.56 Å². The largest absolute Gasteiger partial charge is 0.488 e. The van der Waals surface area contributed by atoms with Crippen molar-refractivity contribution in [2.45, 2.75) is 17.7 Å². The maximum absolute atomic E-state index is 6.09. The van der Waals surface area contributed by atoms with E-state index in [2.05, 4.69) is 39.1 Å². The third kappa shape index (κ3) is 4.46. The Bertz CT molecular complexity index is 893. The highest BCUT2D eigenvalue weighted by Gasteiger charge is 2.28. The molecule has 0 N–H and O–H groups in total. The van der Waals surface area contributed by atoms with Crippen LogP contribution in [0, 0.1) is 0 Å². The highest BCUT2D eigenvalue weighted by atomic mass is 32.2. The number of likely N-dealkylation sites (tertiary alicyclic amines) is 1. The first-order valence-corrected chi connectivity index (χ1v) is 10.4. The number of pyridine rings is 2. The van der Waals surface area contributed by atoms with E-state index < -0.39 is 0 Å². The van der Waals surface area contributed by atoms with Gasteiger partial charge in [-0.1, -0.05) is 24.3 Å². The van der Waals surface area contributed by atoms with Gasteiger partial charge < -0.3 is 9.47 Å². The summed E-state index contributed by atoms with van der Waals surface area (Å²) in [6, 6.07) is 16.4. The van der Waals surface area contributed by atoms with Gasteiger partial charge >= 0.3 is 0 Å². The topological polar surface area (TPSA) is 47.5 Å². The first kappa shape index (κ1) is 18.8.